The average molecular weight is 308 g/mol. The van der Waals surface area contributed by atoms with Crippen molar-refractivity contribution in [2.75, 3.05) is 0 Å². The number of alkyl halides is 3. The molecular formula is C10H5BrF3NO2. The summed E-state index contributed by atoms with van der Waals surface area (Å²) in [7, 11) is 0. The number of hydrogen-bond donors (Lipinski definition) is 0. The highest BCUT2D eigenvalue weighted by Gasteiger charge is 2.34. The fraction of sp³-hybridized carbons (Fsp3) is 0.200. The number of benzene rings is 1. The van der Waals surface area contributed by atoms with Crippen LogP contribution in [0.2, 0.25) is 0 Å². The molecule has 0 bridgehead atoms. The van der Waals surface area contributed by atoms with Crippen molar-refractivity contribution in [2.45, 2.75) is 13.3 Å². The van der Waals surface area contributed by atoms with Crippen molar-refractivity contribution in [1.29, 1.82) is 5.26 Å². The Morgan fingerprint density at radius 2 is 2.06 bits per heavy atom. The van der Waals surface area contributed by atoms with Gasteiger partial charge >= 0.3 is 6.36 Å². The highest BCUT2D eigenvalue weighted by molar-refractivity contribution is 9.10. The van der Waals surface area contributed by atoms with E-state index < -0.39 is 17.9 Å². The fourth-order valence-corrected chi connectivity index (χ4v) is 1.56. The normalized spacial score (nSPS) is 10.8. The van der Waals surface area contributed by atoms with Crippen molar-refractivity contribution >= 4 is 21.7 Å². The van der Waals surface area contributed by atoms with E-state index in [0.29, 0.717) is 0 Å². The van der Waals surface area contributed by atoms with Crippen LogP contribution in [0.15, 0.2) is 16.6 Å². The Hall–Kier alpha value is -1.55. The van der Waals surface area contributed by atoms with Crippen LogP contribution in [0, 0.1) is 11.3 Å². The summed E-state index contributed by atoms with van der Waals surface area (Å²) in [5.74, 6) is -1.39. The van der Waals surface area contributed by atoms with Crippen LogP contribution in [-0.2, 0) is 0 Å². The highest BCUT2D eigenvalue weighted by Crippen LogP contribution is 2.34. The van der Waals surface area contributed by atoms with E-state index in [1.807, 2.05) is 0 Å². The first-order valence-electron chi connectivity index (χ1n) is 4.25. The van der Waals surface area contributed by atoms with Gasteiger partial charge in [0.1, 0.15) is 11.6 Å². The largest absolute Gasteiger partial charge is 0.573 e. The number of hydrogen-bond acceptors (Lipinski definition) is 3. The molecule has 1 rings (SSSR count). The Morgan fingerprint density at radius 1 is 1.47 bits per heavy atom. The molecule has 0 spiro atoms. The van der Waals surface area contributed by atoms with Gasteiger partial charge in [-0.1, -0.05) is 0 Å². The number of nitriles is 1. The fourth-order valence-electron chi connectivity index (χ4n) is 1.16. The molecule has 7 heteroatoms. The van der Waals surface area contributed by atoms with Gasteiger partial charge < -0.3 is 4.74 Å². The lowest BCUT2D eigenvalue weighted by atomic mass is 10.1. The quantitative estimate of drug-likeness (QED) is 0.787. The maximum Gasteiger partial charge on any atom is 0.573 e. The van der Waals surface area contributed by atoms with Crippen LogP contribution < -0.4 is 4.74 Å². The molecule has 3 nitrogen and oxygen atoms in total. The molecule has 0 unspecified atom stereocenters. The van der Waals surface area contributed by atoms with E-state index in [0.717, 1.165) is 13.0 Å². The van der Waals surface area contributed by atoms with Gasteiger partial charge in [0.05, 0.1) is 5.56 Å². The molecule has 0 radical (unpaired) electrons. The van der Waals surface area contributed by atoms with E-state index >= 15 is 0 Å². The van der Waals surface area contributed by atoms with Crippen molar-refractivity contribution in [3.8, 4) is 11.8 Å². The summed E-state index contributed by atoms with van der Waals surface area (Å²) < 4.78 is 40.4. The number of rotatable bonds is 2. The smallest absolute Gasteiger partial charge is 0.404 e. The Balaban J connectivity index is 3.46. The van der Waals surface area contributed by atoms with Gasteiger partial charge in [-0.15, -0.1) is 13.2 Å². The molecule has 0 saturated carbocycles. The maximum absolute atomic E-state index is 12.2. The van der Waals surface area contributed by atoms with Gasteiger partial charge in [-0.3, -0.25) is 4.79 Å². The first kappa shape index (κ1) is 13.5. The second-order valence-corrected chi connectivity index (χ2v) is 3.87. The Labute approximate surface area is 103 Å². The zero-order valence-electron chi connectivity index (χ0n) is 8.43. The van der Waals surface area contributed by atoms with Crippen LogP contribution in [0.3, 0.4) is 0 Å². The maximum atomic E-state index is 12.2. The molecule has 0 heterocycles. The minimum absolute atomic E-state index is 0.129. The van der Waals surface area contributed by atoms with Crippen molar-refractivity contribution < 1.29 is 22.7 Å². The number of Topliss-reactive ketones (excluding diaryl/α,β-unsaturated/α-hetero) is 1. The molecule has 0 atom stereocenters. The molecule has 1 aromatic carbocycles. The minimum atomic E-state index is -4.96. The van der Waals surface area contributed by atoms with E-state index in [-0.39, 0.29) is 15.6 Å². The van der Waals surface area contributed by atoms with Gasteiger partial charge in [0.15, 0.2) is 11.5 Å². The minimum Gasteiger partial charge on any atom is -0.404 e. The second-order valence-electron chi connectivity index (χ2n) is 3.01. The average Bonchev–Trinajstić information content (AvgIpc) is 2.15. The van der Waals surface area contributed by atoms with Gasteiger partial charge in [0, 0.05) is 4.47 Å². The summed E-state index contributed by atoms with van der Waals surface area (Å²) in [5.41, 5.74) is -0.655. The van der Waals surface area contributed by atoms with Gasteiger partial charge in [-0.2, -0.15) is 5.26 Å². The topological polar surface area (TPSA) is 50.1 Å². The zero-order chi connectivity index (χ0) is 13.2. The van der Waals surface area contributed by atoms with Crippen LogP contribution >= 0.6 is 15.9 Å². The number of carbonyl (C=O) groups is 1. The van der Waals surface area contributed by atoms with Crippen LogP contribution in [0.1, 0.15) is 22.8 Å². The van der Waals surface area contributed by atoms with Crippen molar-refractivity contribution in [1.82, 2.24) is 0 Å². The molecule has 17 heavy (non-hydrogen) atoms. The van der Waals surface area contributed by atoms with Crippen LogP contribution in [0.25, 0.3) is 0 Å². The Bertz CT molecular complexity index is 505. The highest BCUT2D eigenvalue weighted by atomic mass is 79.9. The third-order valence-electron chi connectivity index (χ3n) is 1.82. The van der Waals surface area contributed by atoms with E-state index in [1.165, 1.54) is 6.07 Å². The van der Waals surface area contributed by atoms with Crippen molar-refractivity contribution in [3.05, 3.63) is 27.7 Å². The number of carbonyl (C=O) groups excluding carboxylic acids is 1. The summed E-state index contributed by atoms with van der Waals surface area (Å²) in [6, 6.07) is 4.04. The number of halogens is 4. The van der Waals surface area contributed by atoms with E-state index in [1.54, 1.807) is 6.07 Å². The number of ether oxygens (including phenoxy) is 1. The van der Waals surface area contributed by atoms with Crippen LogP contribution in [-0.4, -0.2) is 12.1 Å². The third kappa shape index (κ3) is 3.20. The first-order valence-corrected chi connectivity index (χ1v) is 5.05. The molecule has 0 aromatic heterocycles. The summed E-state index contributed by atoms with van der Waals surface area (Å²) in [6.07, 6.45) is -4.96. The third-order valence-corrected chi connectivity index (χ3v) is 2.48. The molecule has 0 aliphatic carbocycles. The van der Waals surface area contributed by atoms with E-state index in [9.17, 15) is 18.0 Å². The first-order chi connectivity index (χ1) is 7.76. The van der Waals surface area contributed by atoms with E-state index in [2.05, 4.69) is 20.7 Å². The van der Waals surface area contributed by atoms with Gasteiger partial charge in [0.25, 0.3) is 0 Å². The van der Waals surface area contributed by atoms with Gasteiger partial charge in [-0.05, 0) is 35.0 Å². The number of ketones is 1. The lowest BCUT2D eigenvalue weighted by Gasteiger charge is -2.13. The predicted molar refractivity (Wildman–Crippen MR) is 55.5 cm³/mol. The monoisotopic (exact) mass is 307 g/mol. The summed E-state index contributed by atoms with van der Waals surface area (Å²) in [4.78, 5) is 11.2. The predicted octanol–water partition coefficient (Wildman–Crippen LogP) is 3.42. The lowest BCUT2D eigenvalue weighted by Crippen LogP contribution is -2.19. The standard InChI is InChI=1S/C10H5BrF3NO2/c1-5(16)6-2-3-8(11)7(4-15)9(6)17-10(12,13)14/h2-3H,1H3. The molecule has 0 N–H and O–H groups in total. The van der Waals surface area contributed by atoms with Crippen molar-refractivity contribution in [3.63, 3.8) is 0 Å². The summed E-state index contributed by atoms with van der Waals surface area (Å²) in [6.45, 7) is 1.09. The van der Waals surface area contributed by atoms with Crippen LogP contribution in [0.5, 0.6) is 5.75 Å². The zero-order valence-corrected chi connectivity index (χ0v) is 10.0. The summed E-state index contributed by atoms with van der Waals surface area (Å²) in [5, 5.41) is 8.76. The Morgan fingerprint density at radius 3 is 2.47 bits per heavy atom. The molecular weight excluding hydrogens is 303 g/mol. The Kier molecular flexibility index (Phi) is 3.78. The molecule has 0 amide bonds. The van der Waals surface area contributed by atoms with E-state index in [4.69, 9.17) is 5.26 Å². The second kappa shape index (κ2) is 4.75. The molecule has 1 aromatic rings. The SMILES string of the molecule is CC(=O)c1ccc(Br)c(C#N)c1OC(F)(F)F. The van der Waals surface area contributed by atoms with Gasteiger partial charge in [0.2, 0.25) is 0 Å². The molecule has 0 aliphatic rings. The summed E-state index contributed by atoms with van der Waals surface area (Å²) >= 11 is 2.92. The number of nitrogens with zero attached hydrogens (tertiary/aromatic N) is 1. The van der Waals surface area contributed by atoms with Crippen molar-refractivity contribution in [2.24, 2.45) is 0 Å². The molecule has 0 saturated heterocycles. The molecule has 0 fully saturated rings. The van der Waals surface area contributed by atoms with Gasteiger partial charge in [-0.25, -0.2) is 0 Å². The molecule has 90 valence electrons. The molecule has 0 aliphatic heterocycles. The van der Waals surface area contributed by atoms with Crippen LogP contribution in [0.4, 0.5) is 13.2 Å². The lowest BCUT2D eigenvalue weighted by molar-refractivity contribution is -0.274.